The summed E-state index contributed by atoms with van der Waals surface area (Å²) >= 11 is 7.40. The van der Waals surface area contributed by atoms with E-state index >= 15 is 0 Å². The van der Waals surface area contributed by atoms with Crippen molar-refractivity contribution in [2.24, 2.45) is 10.9 Å². The highest BCUT2D eigenvalue weighted by atomic mass is 35.5. The Morgan fingerprint density at radius 1 is 1.05 bits per heavy atom. The van der Waals surface area contributed by atoms with Gasteiger partial charge in [0.1, 0.15) is 0 Å². The summed E-state index contributed by atoms with van der Waals surface area (Å²) < 4.78 is 2.10. The number of thioether (sulfide) groups is 1. The molecule has 1 aliphatic rings. The number of benzene rings is 3. The van der Waals surface area contributed by atoms with E-state index in [2.05, 4.69) is 18.4 Å². The maximum Gasteiger partial charge on any atom is 0.269 e. The molecule has 5 rings (SSSR count). The summed E-state index contributed by atoms with van der Waals surface area (Å²) in [5, 5.41) is 13.3. The first kappa shape index (κ1) is 25.8. The molecular formula is C29H25ClN4O3S. The number of non-ortho nitro benzene ring substituents is 1. The molecule has 1 fully saturated rings. The SMILES string of the molecule is CC(C)CN1C(=O)/C(=C/c2cn(Cc3ccc([N+](=O)[O-])cc3)c3ccccc23)SC1=Nc1ccc(Cl)cc1. The van der Waals surface area contributed by atoms with Gasteiger partial charge in [-0.05, 0) is 59.7 Å². The third-order valence-corrected chi connectivity index (χ3v) is 7.35. The molecule has 1 aliphatic heterocycles. The van der Waals surface area contributed by atoms with E-state index < -0.39 is 4.92 Å². The van der Waals surface area contributed by atoms with Crippen LogP contribution in [0.5, 0.6) is 0 Å². The summed E-state index contributed by atoms with van der Waals surface area (Å²) in [6.45, 7) is 5.26. The van der Waals surface area contributed by atoms with Crippen molar-refractivity contribution in [3.63, 3.8) is 0 Å². The lowest BCUT2D eigenvalue weighted by Crippen LogP contribution is -2.32. The Kier molecular flexibility index (Phi) is 7.35. The van der Waals surface area contributed by atoms with Crippen LogP contribution in [-0.4, -0.2) is 32.0 Å². The first-order valence-electron chi connectivity index (χ1n) is 12.2. The fraction of sp³-hybridized carbons (Fsp3) is 0.172. The molecule has 0 atom stereocenters. The van der Waals surface area contributed by atoms with Crippen LogP contribution in [0.1, 0.15) is 25.0 Å². The van der Waals surface area contributed by atoms with E-state index in [-0.39, 0.29) is 17.5 Å². The van der Waals surface area contributed by atoms with Crippen LogP contribution in [0, 0.1) is 16.0 Å². The number of fused-ring (bicyclic) bond motifs is 1. The summed E-state index contributed by atoms with van der Waals surface area (Å²) in [4.78, 5) is 31.2. The number of aromatic nitrogens is 1. The number of carbonyl (C=O) groups excluding carboxylic acids is 1. The maximum atomic E-state index is 13.5. The molecule has 3 aromatic carbocycles. The zero-order valence-corrected chi connectivity index (χ0v) is 22.4. The van der Waals surface area contributed by atoms with E-state index in [0.717, 1.165) is 27.7 Å². The highest BCUT2D eigenvalue weighted by Crippen LogP contribution is 2.36. The van der Waals surface area contributed by atoms with Crippen LogP contribution < -0.4 is 0 Å². The Balaban J connectivity index is 1.50. The number of para-hydroxylation sites is 1. The first-order chi connectivity index (χ1) is 18.3. The van der Waals surface area contributed by atoms with Gasteiger partial charge < -0.3 is 4.57 Å². The Morgan fingerprint density at radius 2 is 1.76 bits per heavy atom. The van der Waals surface area contributed by atoms with Gasteiger partial charge in [0, 0.05) is 52.9 Å². The molecule has 0 bridgehead atoms. The fourth-order valence-corrected chi connectivity index (χ4v) is 5.45. The largest absolute Gasteiger partial charge is 0.342 e. The monoisotopic (exact) mass is 544 g/mol. The quantitative estimate of drug-likeness (QED) is 0.137. The molecule has 38 heavy (non-hydrogen) atoms. The van der Waals surface area contributed by atoms with Crippen LogP contribution in [0.25, 0.3) is 17.0 Å². The average molecular weight is 545 g/mol. The van der Waals surface area contributed by atoms with Crippen LogP contribution in [0.3, 0.4) is 0 Å². The highest BCUT2D eigenvalue weighted by Gasteiger charge is 2.34. The molecule has 4 aromatic rings. The Morgan fingerprint density at radius 3 is 2.45 bits per heavy atom. The zero-order chi connectivity index (χ0) is 26.8. The van der Waals surface area contributed by atoms with Crippen molar-refractivity contribution in [3.8, 4) is 0 Å². The van der Waals surface area contributed by atoms with Gasteiger partial charge >= 0.3 is 0 Å². The molecule has 0 spiro atoms. The summed E-state index contributed by atoms with van der Waals surface area (Å²) in [6, 6.07) is 21.8. The van der Waals surface area contributed by atoms with Gasteiger partial charge in [0.25, 0.3) is 11.6 Å². The highest BCUT2D eigenvalue weighted by molar-refractivity contribution is 8.18. The molecule has 0 aliphatic carbocycles. The number of nitrogens with zero attached hydrogens (tertiary/aromatic N) is 4. The van der Waals surface area contributed by atoms with Crippen LogP contribution in [0.2, 0.25) is 5.02 Å². The first-order valence-corrected chi connectivity index (χ1v) is 13.3. The average Bonchev–Trinajstić information content (AvgIpc) is 3.38. The number of nitro groups is 1. The third-order valence-electron chi connectivity index (χ3n) is 6.09. The third kappa shape index (κ3) is 5.51. The van der Waals surface area contributed by atoms with Gasteiger partial charge in [-0.1, -0.05) is 55.8 Å². The van der Waals surface area contributed by atoms with E-state index in [1.165, 1.54) is 23.9 Å². The second-order valence-electron chi connectivity index (χ2n) is 9.44. The number of nitro benzene ring substituents is 1. The van der Waals surface area contributed by atoms with Gasteiger partial charge in [-0.2, -0.15) is 0 Å². The maximum absolute atomic E-state index is 13.5. The van der Waals surface area contributed by atoms with E-state index in [4.69, 9.17) is 16.6 Å². The molecule has 0 saturated carbocycles. The van der Waals surface area contributed by atoms with Crippen molar-refractivity contribution in [3.05, 3.63) is 110 Å². The van der Waals surface area contributed by atoms with Crippen molar-refractivity contribution < 1.29 is 9.72 Å². The number of hydrogen-bond acceptors (Lipinski definition) is 5. The lowest BCUT2D eigenvalue weighted by Gasteiger charge is -2.17. The topological polar surface area (TPSA) is 80.7 Å². The molecule has 0 N–H and O–H groups in total. The molecule has 1 aromatic heterocycles. The molecular weight excluding hydrogens is 520 g/mol. The number of aliphatic imine (C=N–C) groups is 1. The summed E-state index contributed by atoms with van der Waals surface area (Å²) in [7, 11) is 0. The van der Waals surface area contributed by atoms with Crippen LogP contribution in [0.4, 0.5) is 11.4 Å². The van der Waals surface area contributed by atoms with Crippen LogP contribution in [-0.2, 0) is 11.3 Å². The standard InChI is InChI=1S/C29H25ClN4O3S/c1-19(2)16-33-28(35)27(38-29(33)31-23-11-9-22(30)10-12-23)15-21-18-32(26-6-4-3-5-25(21)26)17-20-7-13-24(14-8-20)34(36)37/h3-15,18-19H,16-17H2,1-2H3/b27-15-,31-29?. The Bertz CT molecular complexity index is 1570. The molecule has 0 unspecified atom stereocenters. The van der Waals surface area contributed by atoms with Crippen LogP contribution in [0.15, 0.2) is 88.9 Å². The van der Waals surface area contributed by atoms with Crippen molar-refractivity contribution >= 4 is 62.8 Å². The van der Waals surface area contributed by atoms with E-state index in [1.54, 1.807) is 29.2 Å². The molecule has 1 amide bonds. The van der Waals surface area contributed by atoms with Gasteiger partial charge in [0.2, 0.25) is 0 Å². The second-order valence-corrected chi connectivity index (χ2v) is 10.9. The summed E-state index contributed by atoms with van der Waals surface area (Å²) in [5.41, 5.74) is 3.69. The summed E-state index contributed by atoms with van der Waals surface area (Å²) in [5.74, 6) is 0.210. The van der Waals surface area contributed by atoms with Crippen molar-refractivity contribution in [2.75, 3.05) is 6.54 Å². The predicted octanol–water partition coefficient (Wildman–Crippen LogP) is 7.51. The summed E-state index contributed by atoms with van der Waals surface area (Å²) in [6.07, 6.45) is 3.95. The van der Waals surface area contributed by atoms with Gasteiger partial charge in [-0.3, -0.25) is 19.8 Å². The zero-order valence-electron chi connectivity index (χ0n) is 20.9. The minimum atomic E-state index is -0.400. The van der Waals surface area contributed by atoms with Gasteiger partial charge in [0.05, 0.1) is 15.5 Å². The minimum Gasteiger partial charge on any atom is -0.342 e. The van der Waals surface area contributed by atoms with E-state index in [0.29, 0.717) is 28.2 Å². The fourth-order valence-electron chi connectivity index (χ4n) is 4.33. The number of halogens is 1. The number of carbonyl (C=O) groups is 1. The lowest BCUT2D eigenvalue weighted by molar-refractivity contribution is -0.384. The van der Waals surface area contributed by atoms with Crippen molar-refractivity contribution in [1.29, 1.82) is 0 Å². The normalized spacial score (nSPS) is 15.9. The Hall–Kier alpha value is -3.88. The molecule has 1 saturated heterocycles. The molecule has 9 heteroatoms. The molecule has 0 radical (unpaired) electrons. The van der Waals surface area contributed by atoms with Crippen molar-refractivity contribution in [1.82, 2.24) is 9.47 Å². The lowest BCUT2D eigenvalue weighted by atomic mass is 10.1. The Labute approximate surface area is 229 Å². The number of hydrogen-bond donors (Lipinski definition) is 0. The molecule has 192 valence electrons. The molecule has 7 nitrogen and oxygen atoms in total. The van der Waals surface area contributed by atoms with Crippen LogP contribution >= 0.6 is 23.4 Å². The number of rotatable bonds is 7. The minimum absolute atomic E-state index is 0.0651. The van der Waals surface area contributed by atoms with Gasteiger partial charge in [-0.25, -0.2) is 4.99 Å². The van der Waals surface area contributed by atoms with Gasteiger partial charge in [-0.15, -0.1) is 0 Å². The van der Waals surface area contributed by atoms with E-state index in [1.807, 2.05) is 48.7 Å². The van der Waals surface area contributed by atoms with Gasteiger partial charge in [0.15, 0.2) is 5.17 Å². The van der Waals surface area contributed by atoms with Crippen molar-refractivity contribution in [2.45, 2.75) is 20.4 Å². The number of amidine groups is 1. The second kappa shape index (κ2) is 10.8. The van der Waals surface area contributed by atoms with E-state index in [9.17, 15) is 14.9 Å². The predicted molar refractivity (Wildman–Crippen MR) is 155 cm³/mol. The number of amides is 1. The smallest absolute Gasteiger partial charge is 0.269 e. The molecule has 2 heterocycles.